The smallest absolute Gasteiger partial charge is 0.309 e. The quantitative estimate of drug-likeness (QED) is 0.730. The van der Waals surface area contributed by atoms with Crippen LogP contribution in [0.3, 0.4) is 0 Å². The van der Waals surface area contributed by atoms with Crippen molar-refractivity contribution < 1.29 is 9.53 Å². The number of nitrogens with two attached hydrogens (primary N) is 1. The molecule has 0 amide bonds. The molecule has 0 radical (unpaired) electrons. The van der Waals surface area contributed by atoms with Gasteiger partial charge in [0.1, 0.15) is 6.10 Å². The number of rotatable bonds is 3. The van der Waals surface area contributed by atoms with Gasteiger partial charge in [0.2, 0.25) is 0 Å². The molecule has 3 atom stereocenters. The molecule has 0 saturated heterocycles. The fourth-order valence-electron chi connectivity index (χ4n) is 1.86. The Morgan fingerprint density at radius 1 is 1.33 bits per heavy atom. The number of hydrogen-bond acceptors (Lipinski definition) is 3. The molecule has 88 valence electrons. The maximum Gasteiger partial charge on any atom is 0.309 e. The zero-order valence-electron chi connectivity index (χ0n) is 10.0. The normalized spacial score (nSPS) is 28.9. The fourth-order valence-corrected chi connectivity index (χ4v) is 1.86. The van der Waals surface area contributed by atoms with Crippen LogP contribution in [0, 0.1) is 11.8 Å². The first kappa shape index (κ1) is 12.5. The van der Waals surface area contributed by atoms with E-state index < -0.39 is 0 Å². The van der Waals surface area contributed by atoms with E-state index in [0.29, 0.717) is 5.92 Å². The van der Waals surface area contributed by atoms with Crippen LogP contribution < -0.4 is 5.73 Å². The number of esters is 1. The SMILES string of the molecule is CC(C)C(C)OC(=O)C1CCCC(N)C1. The first-order valence-corrected chi connectivity index (χ1v) is 5.96. The molecule has 0 aliphatic heterocycles. The van der Waals surface area contributed by atoms with Gasteiger partial charge in [-0.1, -0.05) is 20.3 Å². The minimum absolute atomic E-state index is 0.00986. The highest BCUT2D eigenvalue weighted by Gasteiger charge is 2.27. The van der Waals surface area contributed by atoms with Gasteiger partial charge in [0, 0.05) is 6.04 Å². The van der Waals surface area contributed by atoms with Gasteiger partial charge in [-0.3, -0.25) is 4.79 Å². The molecule has 1 rings (SSSR count). The van der Waals surface area contributed by atoms with Gasteiger partial charge in [0.25, 0.3) is 0 Å². The lowest BCUT2D eigenvalue weighted by Crippen LogP contribution is -2.34. The Hall–Kier alpha value is -0.570. The van der Waals surface area contributed by atoms with Crippen LogP contribution in [0.5, 0.6) is 0 Å². The molecule has 3 unspecified atom stereocenters. The van der Waals surface area contributed by atoms with Crippen molar-refractivity contribution in [3.63, 3.8) is 0 Å². The van der Waals surface area contributed by atoms with Crippen LogP contribution in [0.4, 0.5) is 0 Å². The number of ether oxygens (including phenoxy) is 1. The first-order valence-electron chi connectivity index (χ1n) is 5.96. The average molecular weight is 213 g/mol. The van der Waals surface area contributed by atoms with E-state index in [2.05, 4.69) is 13.8 Å². The van der Waals surface area contributed by atoms with Crippen molar-refractivity contribution in [2.45, 2.75) is 58.6 Å². The van der Waals surface area contributed by atoms with Gasteiger partial charge in [0.05, 0.1) is 5.92 Å². The monoisotopic (exact) mass is 213 g/mol. The summed E-state index contributed by atoms with van der Waals surface area (Å²) in [6, 6.07) is 0.186. The molecule has 0 aromatic rings. The van der Waals surface area contributed by atoms with Gasteiger partial charge in [-0.25, -0.2) is 0 Å². The number of carbonyl (C=O) groups excluding carboxylic acids is 1. The summed E-state index contributed by atoms with van der Waals surface area (Å²) in [5.41, 5.74) is 5.85. The lowest BCUT2D eigenvalue weighted by atomic mass is 9.86. The highest BCUT2D eigenvalue weighted by Crippen LogP contribution is 2.25. The highest BCUT2D eigenvalue weighted by atomic mass is 16.5. The molecule has 3 nitrogen and oxygen atoms in total. The molecule has 0 aromatic heterocycles. The molecule has 2 N–H and O–H groups in total. The van der Waals surface area contributed by atoms with Crippen LogP contribution in [0.1, 0.15) is 46.5 Å². The average Bonchev–Trinajstić information content (AvgIpc) is 2.17. The van der Waals surface area contributed by atoms with Gasteiger partial charge >= 0.3 is 5.97 Å². The summed E-state index contributed by atoms with van der Waals surface area (Å²) < 4.78 is 5.41. The maximum atomic E-state index is 11.8. The molecule has 0 heterocycles. The van der Waals surface area contributed by atoms with E-state index in [4.69, 9.17) is 10.5 Å². The Morgan fingerprint density at radius 2 is 2.00 bits per heavy atom. The predicted octanol–water partition coefficient (Wildman–Crippen LogP) is 2.09. The molecule has 0 aromatic carbocycles. The third-order valence-electron chi connectivity index (χ3n) is 3.29. The van der Waals surface area contributed by atoms with Gasteiger partial charge in [-0.2, -0.15) is 0 Å². The molecule has 1 saturated carbocycles. The minimum Gasteiger partial charge on any atom is -0.462 e. The lowest BCUT2D eigenvalue weighted by molar-refractivity contribution is -0.156. The van der Waals surface area contributed by atoms with Crippen LogP contribution in [0.25, 0.3) is 0 Å². The van der Waals surface area contributed by atoms with Crippen LogP contribution in [0.2, 0.25) is 0 Å². The van der Waals surface area contributed by atoms with Crippen molar-refractivity contribution in [3.05, 3.63) is 0 Å². The van der Waals surface area contributed by atoms with Crippen molar-refractivity contribution in [1.82, 2.24) is 0 Å². The van der Waals surface area contributed by atoms with Crippen LogP contribution >= 0.6 is 0 Å². The van der Waals surface area contributed by atoms with Crippen LogP contribution in [-0.2, 0) is 9.53 Å². The van der Waals surface area contributed by atoms with E-state index in [-0.39, 0.29) is 24.0 Å². The van der Waals surface area contributed by atoms with E-state index in [1.54, 1.807) is 0 Å². The second-order valence-corrected chi connectivity index (χ2v) is 5.01. The van der Waals surface area contributed by atoms with Crippen molar-refractivity contribution in [2.24, 2.45) is 17.6 Å². The van der Waals surface area contributed by atoms with Gasteiger partial charge in [-0.15, -0.1) is 0 Å². The van der Waals surface area contributed by atoms with E-state index in [1.807, 2.05) is 6.92 Å². The molecular formula is C12H23NO2. The first-order chi connectivity index (χ1) is 7.00. The third kappa shape index (κ3) is 3.82. The number of carbonyl (C=O) groups is 1. The second-order valence-electron chi connectivity index (χ2n) is 5.01. The number of hydrogen-bond donors (Lipinski definition) is 1. The van der Waals surface area contributed by atoms with Crippen LogP contribution in [-0.4, -0.2) is 18.1 Å². The van der Waals surface area contributed by atoms with Crippen LogP contribution in [0.15, 0.2) is 0 Å². The molecular weight excluding hydrogens is 190 g/mol. The van der Waals surface area contributed by atoms with Crippen molar-refractivity contribution in [1.29, 1.82) is 0 Å². The zero-order chi connectivity index (χ0) is 11.4. The molecule has 0 spiro atoms. The third-order valence-corrected chi connectivity index (χ3v) is 3.29. The van der Waals surface area contributed by atoms with Crippen molar-refractivity contribution >= 4 is 5.97 Å². The molecule has 0 bridgehead atoms. The lowest BCUT2D eigenvalue weighted by Gasteiger charge is -2.27. The Morgan fingerprint density at radius 3 is 2.53 bits per heavy atom. The second kappa shape index (κ2) is 5.50. The molecule has 1 aliphatic carbocycles. The summed E-state index contributed by atoms with van der Waals surface area (Å²) in [5.74, 6) is 0.368. The summed E-state index contributed by atoms with van der Waals surface area (Å²) in [7, 11) is 0. The van der Waals surface area contributed by atoms with Gasteiger partial charge in [0.15, 0.2) is 0 Å². The summed E-state index contributed by atoms with van der Waals surface area (Å²) in [5, 5.41) is 0. The summed E-state index contributed by atoms with van der Waals surface area (Å²) in [6.45, 7) is 6.07. The Labute approximate surface area is 92.4 Å². The zero-order valence-corrected chi connectivity index (χ0v) is 10.0. The van der Waals surface area contributed by atoms with Gasteiger partial charge in [-0.05, 0) is 32.1 Å². The van der Waals surface area contributed by atoms with Crippen molar-refractivity contribution in [3.8, 4) is 0 Å². The standard InChI is InChI=1S/C12H23NO2/c1-8(2)9(3)15-12(14)10-5-4-6-11(13)7-10/h8-11H,4-7,13H2,1-3H3. The minimum atomic E-state index is -0.0497. The van der Waals surface area contributed by atoms with Crippen molar-refractivity contribution in [2.75, 3.05) is 0 Å². The Bertz CT molecular complexity index is 216. The summed E-state index contributed by atoms with van der Waals surface area (Å²) >= 11 is 0. The highest BCUT2D eigenvalue weighted by molar-refractivity contribution is 5.72. The Kier molecular flexibility index (Phi) is 4.58. The maximum absolute atomic E-state index is 11.8. The molecule has 1 fully saturated rings. The molecule has 1 aliphatic rings. The Balaban J connectivity index is 2.39. The largest absolute Gasteiger partial charge is 0.462 e. The van der Waals surface area contributed by atoms with E-state index in [0.717, 1.165) is 25.7 Å². The summed E-state index contributed by atoms with van der Waals surface area (Å²) in [6.07, 6.45) is 3.84. The topological polar surface area (TPSA) is 52.3 Å². The van der Waals surface area contributed by atoms with E-state index >= 15 is 0 Å². The molecule has 15 heavy (non-hydrogen) atoms. The fraction of sp³-hybridized carbons (Fsp3) is 0.917. The predicted molar refractivity (Wildman–Crippen MR) is 60.3 cm³/mol. The molecule has 3 heteroatoms. The van der Waals surface area contributed by atoms with E-state index in [9.17, 15) is 4.79 Å². The van der Waals surface area contributed by atoms with E-state index in [1.165, 1.54) is 0 Å². The summed E-state index contributed by atoms with van der Waals surface area (Å²) in [4.78, 5) is 11.8. The van der Waals surface area contributed by atoms with Gasteiger partial charge < -0.3 is 10.5 Å².